The van der Waals surface area contributed by atoms with Crippen molar-refractivity contribution in [3.8, 4) is 11.5 Å². The van der Waals surface area contributed by atoms with Gasteiger partial charge in [-0.1, -0.05) is 23.7 Å². The minimum absolute atomic E-state index is 0.125. The summed E-state index contributed by atoms with van der Waals surface area (Å²) in [7, 11) is 0. The maximum Gasteiger partial charge on any atom is 0.127 e. The first-order valence-corrected chi connectivity index (χ1v) is 6.98. The van der Waals surface area contributed by atoms with Crippen LogP contribution >= 0.6 is 11.6 Å². The maximum absolute atomic E-state index is 9.46. The van der Waals surface area contributed by atoms with Crippen LogP contribution in [0.15, 0.2) is 42.5 Å². The molecule has 1 aliphatic rings. The third-order valence-electron chi connectivity index (χ3n) is 3.58. The van der Waals surface area contributed by atoms with Gasteiger partial charge in [0, 0.05) is 22.7 Å². The lowest BCUT2D eigenvalue weighted by molar-refractivity contribution is 0.300. The maximum atomic E-state index is 9.46. The molecule has 2 N–H and O–H groups in total. The SMILES string of the molecule is CC(NC1COc2cc(O)ccc21)c1cccc(Cl)c1. The lowest BCUT2D eigenvalue weighted by Gasteiger charge is -2.19. The quantitative estimate of drug-likeness (QED) is 0.902. The van der Waals surface area contributed by atoms with E-state index in [0.29, 0.717) is 6.61 Å². The van der Waals surface area contributed by atoms with Crippen LogP contribution in [0, 0.1) is 0 Å². The van der Waals surface area contributed by atoms with Crippen LogP contribution in [0.4, 0.5) is 0 Å². The van der Waals surface area contributed by atoms with Crippen molar-refractivity contribution in [2.24, 2.45) is 0 Å². The minimum atomic E-state index is 0.125. The molecule has 3 rings (SSSR count). The molecular weight excluding hydrogens is 274 g/mol. The summed E-state index contributed by atoms with van der Waals surface area (Å²) in [6.07, 6.45) is 0. The van der Waals surface area contributed by atoms with Gasteiger partial charge in [0.25, 0.3) is 0 Å². The van der Waals surface area contributed by atoms with E-state index in [1.54, 1.807) is 12.1 Å². The number of fused-ring (bicyclic) bond motifs is 1. The molecule has 0 fully saturated rings. The van der Waals surface area contributed by atoms with Crippen molar-refractivity contribution < 1.29 is 9.84 Å². The first-order valence-electron chi connectivity index (χ1n) is 6.61. The van der Waals surface area contributed by atoms with Gasteiger partial charge in [-0.2, -0.15) is 0 Å². The summed E-state index contributed by atoms with van der Waals surface area (Å²) in [5, 5.41) is 13.7. The van der Waals surface area contributed by atoms with E-state index < -0.39 is 0 Å². The van der Waals surface area contributed by atoms with Crippen molar-refractivity contribution in [2.45, 2.75) is 19.0 Å². The predicted octanol–water partition coefficient (Wildman–Crippen LogP) is 3.83. The van der Waals surface area contributed by atoms with E-state index in [1.807, 2.05) is 24.3 Å². The third-order valence-corrected chi connectivity index (χ3v) is 3.81. The van der Waals surface area contributed by atoms with E-state index in [2.05, 4.69) is 18.3 Å². The van der Waals surface area contributed by atoms with Gasteiger partial charge in [-0.25, -0.2) is 0 Å². The first kappa shape index (κ1) is 13.3. The molecule has 0 radical (unpaired) electrons. The van der Waals surface area contributed by atoms with Crippen LogP contribution in [-0.4, -0.2) is 11.7 Å². The normalized spacial score (nSPS) is 18.4. The fourth-order valence-corrected chi connectivity index (χ4v) is 2.71. The van der Waals surface area contributed by atoms with Crippen LogP contribution in [0.5, 0.6) is 11.5 Å². The molecule has 0 saturated heterocycles. The Morgan fingerprint density at radius 2 is 2.15 bits per heavy atom. The van der Waals surface area contributed by atoms with Crippen molar-refractivity contribution in [3.05, 3.63) is 58.6 Å². The molecule has 0 amide bonds. The van der Waals surface area contributed by atoms with Gasteiger partial charge in [0.05, 0.1) is 6.04 Å². The zero-order valence-corrected chi connectivity index (χ0v) is 11.9. The fourth-order valence-electron chi connectivity index (χ4n) is 2.51. The van der Waals surface area contributed by atoms with Crippen LogP contribution in [0.1, 0.15) is 30.1 Å². The molecule has 104 valence electrons. The highest BCUT2D eigenvalue weighted by molar-refractivity contribution is 6.30. The second kappa shape index (κ2) is 5.35. The first-order chi connectivity index (χ1) is 9.63. The second-order valence-electron chi connectivity index (χ2n) is 5.03. The Kier molecular flexibility index (Phi) is 3.55. The standard InChI is InChI=1S/C16H16ClNO2/c1-10(11-3-2-4-12(17)7-11)18-15-9-20-16-8-13(19)5-6-14(15)16/h2-8,10,15,18-19H,9H2,1H3. The molecule has 2 unspecified atom stereocenters. The summed E-state index contributed by atoms with van der Waals surface area (Å²) in [4.78, 5) is 0. The van der Waals surface area contributed by atoms with Gasteiger partial charge < -0.3 is 15.2 Å². The van der Waals surface area contributed by atoms with Crippen molar-refractivity contribution in [3.63, 3.8) is 0 Å². The lowest BCUT2D eigenvalue weighted by atomic mass is 10.0. The van der Waals surface area contributed by atoms with Crippen molar-refractivity contribution in [1.82, 2.24) is 5.32 Å². The Morgan fingerprint density at radius 1 is 1.30 bits per heavy atom. The van der Waals surface area contributed by atoms with Gasteiger partial charge in [0.15, 0.2) is 0 Å². The second-order valence-corrected chi connectivity index (χ2v) is 5.47. The molecule has 3 nitrogen and oxygen atoms in total. The van der Waals surface area contributed by atoms with Gasteiger partial charge in [0.1, 0.15) is 18.1 Å². The summed E-state index contributed by atoms with van der Waals surface area (Å²) >= 11 is 6.02. The molecule has 0 saturated carbocycles. The van der Waals surface area contributed by atoms with Crippen molar-refractivity contribution in [1.29, 1.82) is 0 Å². The van der Waals surface area contributed by atoms with Crippen molar-refractivity contribution >= 4 is 11.6 Å². The Labute approximate surface area is 123 Å². The average molecular weight is 290 g/mol. The lowest BCUT2D eigenvalue weighted by Crippen LogP contribution is -2.25. The number of aromatic hydroxyl groups is 1. The molecular formula is C16H16ClNO2. The number of hydrogen-bond donors (Lipinski definition) is 2. The zero-order chi connectivity index (χ0) is 14.1. The largest absolute Gasteiger partial charge is 0.508 e. The Bertz CT molecular complexity index is 630. The molecule has 0 bridgehead atoms. The fraction of sp³-hybridized carbons (Fsp3) is 0.250. The smallest absolute Gasteiger partial charge is 0.127 e. The van der Waals surface area contributed by atoms with E-state index in [1.165, 1.54) is 0 Å². The average Bonchev–Trinajstić information content (AvgIpc) is 2.81. The van der Waals surface area contributed by atoms with Gasteiger partial charge in [-0.15, -0.1) is 0 Å². The number of benzene rings is 2. The monoisotopic (exact) mass is 289 g/mol. The minimum Gasteiger partial charge on any atom is -0.508 e. The van der Waals surface area contributed by atoms with Gasteiger partial charge in [0.2, 0.25) is 0 Å². The van der Waals surface area contributed by atoms with E-state index in [9.17, 15) is 5.11 Å². The van der Waals surface area contributed by atoms with Crippen LogP contribution in [-0.2, 0) is 0 Å². The highest BCUT2D eigenvalue weighted by Gasteiger charge is 2.25. The van der Waals surface area contributed by atoms with Gasteiger partial charge >= 0.3 is 0 Å². The zero-order valence-electron chi connectivity index (χ0n) is 11.1. The van der Waals surface area contributed by atoms with Gasteiger partial charge in [-0.3, -0.25) is 0 Å². The Morgan fingerprint density at radius 3 is 2.95 bits per heavy atom. The number of ether oxygens (including phenoxy) is 1. The molecule has 2 aromatic carbocycles. The number of nitrogens with one attached hydrogen (secondary N) is 1. The third kappa shape index (κ3) is 2.60. The molecule has 0 aromatic heterocycles. The Balaban J connectivity index is 1.77. The molecule has 0 spiro atoms. The number of hydrogen-bond acceptors (Lipinski definition) is 3. The number of rotatable bonds is 3. The van der Waals surface area contributed by atoms with E-state index in [0.717, 1.165) is 21.9 Å². The summed E-state index contributed by atoms with van der Waals surface area (Å²) < 4.78 is 5.60. The molecule has 20 heavy (non-hydrogen) atoms. The molecule has 2 aromatic rings. The number of halogens is 1. The van der Waals surface area contributed by atoms with E-state index >= 15 is 0 Å². The summed E-state index contributed by atoms with van der Waals surface area (Å²) in [6, 6.07) is 13.4. The summed E-state index contributed by atoms with van der Waals surface area (Å²) in [5.41, 5.74) is 2.22. The van der Waals surface area contributed by atoms with Crippen molar-refractivity contribution in [2.75, 3.05) is 6.61 Å². The highest BCUT2D eigenvalue weighted by Crippen LogP contribution is 2.36. The van der Waals surface area contributed by atoms with Crippen LogP contribution in [0.25, 0.3) is 0 Å². The number of phenols is 1. The van der Waals surface area contributed by atoms with E-state index in [-0.39, 0.29) is 17.8 Å². The molecule has 2 atom stereocenters. The number of phenolic OH excluding ortho intramolecular Hbond substituents is 1. The van der Waals surface area contributed by atoms with E-state index in [4.69, 9.17) is 16.3 Å². The highest BCUT2D eigenvalue weighted by atomic mass is 35.5. The summed E-state index contributed by atoms with van der Waals surface area (Å²) in [6.45, 7) is 2.67. The molecule has 4 heteroatoms. The van der Waals surface area contributed by atoms with Gasteiger partial charge in [-0.05, 0) is 36.8 Å². The molecule has 0 aliphatic carbocycles. The molecule has 1 aliphatic heterocycles. The van der Waals surface area contributed by atoms with Crippen LogP contribution in [0.2, 0.25) is 5.02 Å². The topological polar surface area (TPSA) is 41.5 Å². The Hall–Kier alpha value is -1.71. The molecule has 1 heterocycles. The predicted molar refractivity (Wildman–Crippen MR) is 79.3 cm³/mol. The van der Waals surface area contributed by atoms with Crippen LogP contribution in [0.3, 0.4) is 0 Å². The van der Waals surface area contributed by atoms with Crippen LogP contribution < -0.4 is 10.1 Å². The summed E-state index contributed by atoms with van der Waals surface area (Å²) in [5.74, 6) is 0.980.